The van der Waals surface area contributed by atoms with E-state index in [1.165, 1.54) is 12.8 Å². The van der Waals surface area contributed by atoms with Crippen LogP contribution in [0.1, 0.15) is 39.0 Å². The molecule has 1 fully saturated rings. The predicted molar refractivity (Wildman–Crippen MR) is 46.0 cm³/mol. The first-order valence-electron chi connectivity index (χ1n) is 4.48. The molecule has 11 heavy (non-hydrogen) atoms. The highest BCUT2D eigenvalue weighted by molar-refractivity contribution is 5.00. The van der Waals surface area contributed by atoms with Crippen molar-refractivity contribution < 1.29 is 5.11 Å². The zero-order chi connectivity index (χ0) is 8.10. The van der Waals surface area contributed by atoms with Crippen LogP contribution in [0.25, 0.3) is 0 Å². The predicted octanol–water partition coefficient (Wildman–Crippen LogP) is 1.95. The largest absolute Gasteiger partial charge is 0.393 e. The lowest BCUT2D eigenvalue weighted by Crippen LogP contribution is -2.11. The number of aliphatic hydroxyl groups is 1. The summed E-state index contributed by atoms with van der Waals surface area (Å²) < 4.78 is 0. The molecule has 0 spiro atoms. The summed E-state index contributed by atoms with van der Waals surface area (Å²) in [4.78, 5) is 0. The van der Waals surface area contributed by atoms with Gasteiger partial charge in [-0.3, -0.25) is 0 Å². The van der Waals surface area contributed by atoms with Gasteiger partial charge in [0.2, 0.25) is 0 Å². The van der Waals surface area contributed by atoms with Gasteiger partial charge in [0.25, 0.3) is 0 Å². The van der Waals surface area contributed by atoms with Gasteiger partial charge < -0.3 is 5.11 Å². The van der Waals surface area contributed by atoms with E-state index in [0.717, 1.165) is 19.3 Å². The van der Waals surface area contributed by atoms with Gasteiger partial charge in [0, 0.05) is 12.8 Å². The Morgan fingerprint density at radius 3 is 2.73 bits per heavy atom. The molecular weight excluding hydrogens is 136 g/mol. The Bertz CT molecular complexity index is 163. The summed E-state index contributed by atoms with van der Waals surface area (Å²) in [5, 5.41) is 9.42. The minimum atomic E-state index is -0.0684. The SMILES string of the molecule is CCC#CC[C@@H]1CCC[C@H]1O. The van der Waals surface area contributed by atoms with Crippen LogP contribution in [-0.4, -0.2) is 11.2 Å². The molecule has 1 N–H and O–H groups in total. The average Bonchev–Trinajstić information content (AvgIpc) is 2.37. The lowest BCUT2D eigenvalue weighted by Gasteiger charge is -2.09. The lowest BCUT2D eigenvalue weighted by molar-refractivity contribution is 0.135. The zero-order valence-corrected chi connectivity index (χ0v) is 7.14. The van der Waals surface area contributed by atoms with Crippen molar-refractivity contribution in [1.29, 1.82) is 0 Å². The molecule has 0 aromatic carbocycles. The van der Waals surface area contributed by atoms with E-state index in [-0.39, 0.29) is 6.10 Å². The molecule has 0 bridgehead atoms. The maximum Gasteiger partial charge on any atom is 0.0577 e. The van der Waals surface area contributed by atoms with Gasteiger partial charge in [-0.15, -0.1) is 11.8 Å². The maximum absolute atomic E-state index is 9.42. The van der Waals surface area contributed by atoms with Crippen LogP contribution in [0.2, 0.25) is 0 Å². The van der Waals surface area contributed by atoms with Crippen molar-refractivity contribution in [3.63, 3.8) is 0 Å². The summed E-state index contributed by atoms with van der Waals surface area (Å²) in [7, 11) is 0. The Morgan fingerprint density at radius 1 is 1.36 bits per heavy atom. The van der Waals surface area contributed by atoms with Gasteiger partial charge in [0.15, 0.2) is 0 Å². The fraction of sp³-hybridized carbons (Fsp3) is 0.800. The molecule has 1 heteroatoms. The summed E-state index contributed by atoms with van der Waals surface area (Å²) in [5.74, 6) is 6.60. The molecule has 1 aliphatic carbocycles. The second-order valence-electron chi connectivity index (χ2n) is 3.17. The molecule has 0 aliphatic heterocycles. The highest BCUT2D eigenvalue weighted by atomic mass is 16.3. The lowest BCUT2D eigenvalue weighted by atomic mass is 10.0. The van der Waals surface area contributed by atoms with Crippen molar-refractivity contribution in [2.45, 2.75) is 45.1 Å². The van der Waals surface area contributed by atoms with Crippen LogP contribution >= 0.6 is 0 Å². The zero-order valence-electron chi connectivity index (χ0n) is 7.14. The number of aliphatic hydroxyl groups excluding tert-OH is 1. The van der Waals surface area contributed by atoms with Crippen molar-refractivity contribution >= 4 is 0 Å². The van der Waals surface area contributed by atoms with Crippen molar-refractivity contribution in [3.05, 3.63) is 0 Å². The van der Waals surface area contributed by atoms with Gasteiger partial charge in [-0.05, 0) is 18.8 Å². The Hall–Kier alpha value is -0.480. The minimum absolute atomic E-state index is 0.0684. The van der Waals surface area contributed by atoms with Gasteiger partial charge in [0.05, 0.1) is 6.10 Å². The second-order valence-corrected chi connectivity index (χ2v) is 3.17. The van der Waals surface area contributed by atoms with E-state index in [0.29, 0.717) is 5.92 Å². The summed E-state index contributed by atoms with van der Waals surface area (Å²) in [6.07, 6.45) is 5.09. The number of hydrogen-bond acceptors (Lipinski definition) is 1. The molecule has 0 aromatic rings. The van der Waals surface area contributed by atoms with E-state index in [2.05, 4.69) is 18.8 Å². The second kappa shape index (κ2) is 4.41. The third kappa shape index (κ3) is 2.55. The first-order valence-corrected chi connectivity index (χ1v) is 4.48. The molecule has 2 atom stereocenters. The molecule has 0 radical (unpaired) electrons. The topological polar surface area (TPSA) is 20.2 Å². The highest BCUT2D eigenvalue weighted by Gasteiger charge is 2.23. The standard InChI is InChI=1S/C10H16O/c1-2-3-4-6-9-7-5-8-10(9)11/h9-11H,2,5-8H2,1H3/t9-,10-/m1/s1. The molecule has 0 unspecified atom stereocenters. The summed E-state index contributed by atoms with van der Waals surface area (Å²) in [6.45, 7) is 2.05. The molecule has 1 nitrogen and oxygen atoms in total. The van der Waals surface area contributed by atoms with Crippen molar-refractivity contribution in [3.8, 4) is 11.8 Å². The van der Waals surface area contributed by atoms with Gasteiger partial charge in [-0.25, -0.2) is 0 Å². The number of hydrogen-bond donors (Lipinski definition) is 1. The molecular formula is C10H16O. The van der Waals surface area contributed by atoms with Crippen molar-refractivity contribution in [1.82, 2.24) is 0 Å². The van der Waals surface area contributed by atoms with E-state index >= 15 is 0 Å². The molecule has 0 aromatic heterocycles. The summed E-state index contributed by atoms with van der Waals surface area (Å²) >= 11 is 0. The molecule has 1 saturated carbocycles. The third-order valence-electron chi connectivity index (χ3n) is 2.28. The first-order chi connectivity index (χ1) is 5.34. The van der Waals surface area contributed by atoms with Gasteiger partial charge in [0.1, 0.15) is 0 Å². The van der Waals surface area contributed by atoms with Gasteiger partial charge in [-0.2, -0.15) is 0 Å². The van der Waals surface area contributed by atoms with Crippen molar-refractivity contribution in [2.24, 2.45) is 5.92 Å². The van der Waals surface area contributed by atoms with E-state index in [1.54, 1.807) is 0 Å². The van der Waals surface area contributed by atoms with Crippen molar-refractivity contribution in [2.75, 3.05) is 0 Å². The van der Waals surface area contributed by atoms with E-state index in [9.17, 15) is 5.11 Å². The number of rotatable bonds is 1. The van der Waals surface area contributed by atoms with Gasteiger partial charge >= 0.3 is 0 Å². The van der Waals surface area contributed by atoms with E-state index in [4.69, 9.17) is 0 Å². The van der Waals surface area contributed by atoms with E-state index in [1.807, 2.05) is 0 Å². The molecule has 62 valence electrons. The molecule has 0 amide bonds. The van der Waals surface area contributed by atoms with Crippen LogP contribution in [0.5, 0.6) is 0 Å². The minimum Gasteiger partial charge on any atom is -0.393 e. The normalized spacial score (nSPS) is 29.6. The van der Waals surface area contributed by atoms with Crippen LogP contribution in [0, 0.1) is 17.8 Å². The fourth-order valence-electron chi connectivity index (χ4n) is 1.58. The van der Waals surface area contributed by atoms with Gasteiger partial charge in [-0.1, -0.05) is 13.3 Å². The van der Waals surface area contributed by atoms with Crippen LogP contribution in [0.3, 0.4) is 0 Å². The quantitative estimate of drug-likeness (QED) is 0.569. The Kier molecular flexibility index (Phi) is 3.45. The van der Waals surface area contributed by atoms with Crippen LogP contribution in [-0.2, 0) is 0 Å². The van der Waals surface area contributed by atoms with Crippen LogP contribution in [0.4, 0.5) is 0 Å². The summed E-state index contributed by atoms with van der Waals surface area (Å²) in [5.41, 5.74) is 0. The smallest absolute Gasteiger partial charge is 0.0577 e. The fourth-order valence-corrected chi connectivity index (χ4v) is 1.58. The van der Waals surface area contributed by atoms with Crippen LogP contribution in [0.15, 0.2) is 0 Å². The molecule has 0 heterocycles. The Balaban J connectivity index is 2.25. The van der Waals surface area contributed by atoms with Crippen LogP contribution < -0.4 is 0 Å². The maximum atomic E-state index is 9.42. The monoisotopic (exact) mass is 152 g/mol. The van der Waals surface area contributed by atoms with E-state index < -0.39 is 0 Å². The molecule has 0 saturated heterocycles. The Labute approximate surface area is 68.8 Å². The Morgan fingerprint density at radius 2 is 2.18 bits per heavy atom. The molecule has 1 rings (SSSR count). The first kappa shape index (κ1) is 8.62. The highest BCUT2D eigenvalue weighted by Crippen LogP contribution is 2.27. The summed E-state index contributed by atoms with van der Waals surface area (Å²) in [6, 6.07) is 0. The molecule has 1 aliphatic rings. The third-order valence-corrected chi connectivity index (χ3v) is 2.28. The average molecular weight is 152 g/mol.